The van der Waals surface area contributed by atoms with E-state index in [9.17, 15) is 9.59 Å². The molecule has 0 aromatic rings. The number of carboxylic acid groups (broad SMARTS) is 2. The summed E-state index contributed by atoms with van der Waals surface area (Å²) in [5, 5.41) is 18.3. The summed E-state index contributed by atoms with van der Waals surface area (Å²) in [4.78, 5) is 22.4. The van der Waals surface area contributed by atoms with Crippen molar-refractivity contribution in [3.05, 3.63) is 11.1 Å². The first-order valence-corrected chi connectivity index (χ1v) is 5.58. The molecule has 0 amide bonds. The number of fused-ring (bicyclic) bond motifs is 2. The summed E-state index contributed by atoms with van der Waals surface area (Å²) in [7, 11) is 0. The van der Waals surface area contributed by atoms with Crippen LogP contribution >= 0.6 is 0 Å². The van der Waals surface area contributed by atoms with Crippen LogP contribution in [0.15, 0.2) is 11.1 Å². The van der Waals surface area contributed by atoms with Gasteiger partial charge >= 0.3 is 11.9 Å². The summed E-state index contributed by atoms with van der Waals surface area (Å²) in [6.07, 6.45) is 1.65. The summed E-state index contributed by atoms with van der Waals surface area (Å²) in [6, 6.07) is 0. The Morgan fingerprint density at radius 3 is 1.62 bits per heavy atom. The minimum absolute atomic E-state index is 0.0476. The molecular weight excluding hydrogens is 208 g/mol. The molecular formula is C12H16O4. The molecule has 88 valence electrons. The third kappa shape index (κ3) is 1.36. The summed E-state index contributed by atoms with van der Waals surface area (Å²) in [6.45, 7) is 3.90. The van der Waals surface area contributed by atoms with Gasteiger partial charge in [0, 0.05) is 0 Å². The largest absolute Gasteiger partial charge is 0.481 e. The van der Waals surface area contributed by atoms with Crippen LogP contribution in [0.3, 0.4) is 0 Å². The highest BCUT2D eigenvalue weighted by atomic mass is 16.4. The molecule has 4 heteroatoms. The molecule has 2 aliphatic carbocycles. The zero-order valence-corrected chi connectivity index (χ0v) is 9.43. The Balaban J connectivity index is 2.46. The number of hydrogen-bond donors (Lipinski definition) is 2. The van der Waals surface area contributed by atoms with E-state index in [-0.39, 0.29) is 11.8 Å². The van der Waals surface area contributed by atoms with E-state index in [2.05, 4.69) is 0 Å². The summed E-state index contributed by atoms with van der Waals surface area (Å²) in [5.74, 6) is -3.46. The monoisotopic (exact) mass is 224 g/mol. The maximum Gasteiger partial charge on any atom is 0.308 e. The number of aliphatic carboxylic acids is 2. The van der Waals surface area contributed by atoms with Crippen LogP contribution in [0.5, 0.6) is 0 Å². The first-order chi connectivity index (χ1) is 7.45. The van der Waals surface area contributed by atoms with Crippen LogP contribution in [0.25, 0.3) is 0 Å². The molecule has 2 bridgehead atoms. The van der Waals surface area contributed by atoms with E-state index in [1.54, 1.807) is 0 Å². The minimum Gasteiger partial charge on any atom is -0.481 e. The highest BCUT2D eigenvalue weighted by Crippen LogP contribution is 2.56. The summed E-state index contributed by atoms with van der Waals surface area (Å²) in [5.41, 5.74) is 2.20. The number of allylic oxidation sites excluding steroid dienone is 2. The topological polar surface area (TPSA) is 74.6 Å². The Kier molecular flexibility index (Phi) is 2.52. The molecule has 0 saturated heterocycles. The van der Waals surface area contributed by atoms with Gasteiger partial charge in [0.1, 0.15) is 0 Å². The maximum atomic E-state index is 11.2. The van der Waals surface area contributed by atoms with Crippen molar-refractivity contribution in [3.63, 3.8) is 0 Å². The van der Waals surface area contributed by atoms with Gasteiger partial charge in [0.05, 0.1) is 11.8 Å². The van der Waals surface area contributed by atoms with E-state index < -0.39 is 23.8 Å². The van der Waals surface area contributed by atoms with Gasteiger partial charge in [-0.15, -0.1) is 0 Å². The molecule has 16 heavy (non-hydrogen) atoms. The Morgan fingerprint density at radius 2 is 1.38 bits per heavy atom. The fourth-order valence-corrected chi connectivity index (χ4v) is 3.58. The molecule has 4 atom stereocenters. The fraction of sp³-hybridized carbons (Fsp3) is 0.667. The van der Waals surface area contributed by atoms with Gasteiger partial charge in [-0.2, -0.15) is 0 Å². The molecule has 0 spiro atoms. The van der Waals surface area contributed by atoms with Gasteiger partial charge in [-0.05, 0) is 38.5 Å². The van der Waals surface area contributed by atoms with Crippen LogP contribution in [-0.2, 0) is 9.59 Å². The normalized spacial score (nSPS) is 36.5. The van der Waals surface area contributed by atoms with Crippen LogP contribution in [0.2, 0.25) is 0 Å². The molecule has 2 saturated carbocycles. The second-order valence-corrected chi connectivity index (χ2v) is 4.97. The van der Waals surface area contributed by atoms with E-state index >= 15 is 0 Å². The predicted octanol–water partition coefficient (Wildman–Crippen LogP) is 1.76. The summed E-state index contributed by atoms with van der Waals surface area (Å²) < 4.78 is 0. The number of carboxylic acids is 2. The zero-order chi connectivity index (χ0) is 12.0. The SMILES string of the molecule is CC(C)=C1[C@@H]2CC[C@@H]1[C@@H](C(=O)O)[C@H]2C(=O)O. The van der Waals surface area contributed by atoms with Crippen molar-refractivity contribution in [1.29, 1.82) is 0 Å². The third-order valence-corrected chi connectivity index (χ3v) is 3.99. The van der Waals surface area contributed by atoms with Gasteiger partial charge < -0.3 is 10.2 Å². The Morgan fingerprint density at radius 1 is 1.00 bits per heavy atom. The Bertz CT molecular complexity index is 348. The third-order valence-electron chi connectivity index (χ3n) is 3.99. The average Bonchev–Trinajstić information content (AvgIpc) is 2.70. The lowest BCUT2D eigenvalue weighted by molar-refractivity contribution is -0.156. The van der Waals surface area contributed by atoms with Crippen molar-refractivity contribution in [2.24, 2.45) is 23.7 Å². The molecule has 2 aliphatic rings. The molecule has 0 aromatic carbocycles. The van der Waals surface area contributed by atoms with Crippen LogP contribution in [0.1, 0.15) is 26.7 Å². The molecule has 0 radical (unpaired) electrons. The van der Waals surface area contributed by atoms with E-state index in [4.69, 9.17) is 10.2 Å². The average molecular weight is 224 g/mol. The molecule has 0 aliphatic heterocycles. The second kappa shape index (κ2) is 3.61. The smallest absolute Gasteiger partial charge is 0.308 e. The van der Waals surface area contributed by atoms with Gasteiger partial charge in [-0.1, -0.05) is 11.1 Å². The van der Waals surface area contributed by atoms with Gasteiger partial charge in [-0.25, -0.2) is 0 Å². The van der Waals surface area contributed by atoms with E-state index in [1.807, 2.05) is 13.8 Å². The van der Waals surface area contributed by atoms with Gasteiger partial charge in [0.25, 0.3) is 0 Å². The van der Waals surface area contributed by atoms with Crippen LogP contribution < -0.4 is 0 Å². The fourth-order valence-electron chi connectivity index (χ4n) is 3.58. The molecule has 0 heterocycles. The molecule has 4 nitrogen and oxygen atoms in total. The number of carbonyl (C=O) groups is 2. The lowest BCUT2D eigenvalue weighted by Crippen LogP contribution is -2.34. The second-order valence-electron chi connectivity index (χ2n) is 4.97. The lowest BCUT2D eigenvalue weighted by atomic mass is 9.79. The quantitative estimate of drug-likeness (QED) is 0.701. The van der Waals surface area contributed by atoms with Crippen molar-refractivity contribution < 1.29 is 19.8 Å². The Hall–Kier alpha value is -1.32. The predicted molar refractivity (Wildman–Crippen MR) is 56.8 cm³/mol. The highest BCUT2D eigenvalue weighted by Gasteiger charge is 2.57. The standard InChI is InChI=1S/C12H16O4/c1-5(2)8-6-3-4-7(8)10(12(15)16)9(6)11(13)14/h6-7,9-10H,3-4H2,1-2H3,(H,13,14)(H,15,16)/t6-,7-,9-,10+/m0/s1. The van der Waals surface area contributed by atoms with Crippen LogP contribution in [-0.4, -0.2) is 22.2 Å². The van der Waals surface area contributed by atoms with E-state index in [1.165, 1.54) is 0 Å². The summed E-state index contributed by atoms with van der Waals surface area (Å²) >= 11 is 0. The van der Waals surface area contributed by atoms with Crippen molar-refractivity contribution in [2.75, 3.05) is 0 Å². The highest BCUT2D eigenvalue weighted by molar-refractivity contribution is 5.83. The molecule has 0 unspecified atom stereocenters. The van der Waals surface area contributed by atoms with Gasteiger partial charge in [0.2, 0.25) is 0 Å². The first kappa shape index (κ1) is 11.2. The first-order valence-electron chi connectivity index (χ1n) is 5.58. The van der Waals surface area contributed by atoms with Gasteiger partial charge in [0.15, 0.2) is 0 Å². The van der Waals surface area contributed by atoms with E-state index in [0.717, 1.165) is 24.0 Å². The molecule has 2 N–H and O–H groups in total. The minimum atomic E-state index is -0.960. The van der Waals surface area contributed by atoms with Crippen LogP contribution in [0.4, 0.5) is 0 Å². The lowest BCUT2D eigenvalue weighted by Gasteiger charge is -2.23. The van der Waals surface area contributed by atoms with Gasteiger partial charge in [-0.3, -0.25) is 9.59 Å². The van der Waals surface area contributed by atoms with Crippen molar-refractivity contribution >= 4 is 11.9 Å². The van der Waals surface area contributed by atoms with Crippen molar-refractivity contribution in [2.45, 2.75) is 26.7 Å². The molecule has 2 fully saturated rings. The van der Waals surface area contributed by atoms with Crippen LogP contribution in [0, 0.1) is 23.7 Å². The number of rotatable bonds is 2. The Labute approximate surface area is 94.0 Å². The van der Waals surface area contributed by atoms with Crippen molar-refractivity contribution in [1.82, 2.24) is 0 Å². The maximum absolute atomic E-state index is 11.2. The molecule has 2 rings (SSSR count). The number of hydrogen-bond acceptors (Lipinski definition) is 2. The molecule has 0 aromatic heterocycles. The van der Waals surface area contributed by atoms with Crippen molar-refractivity contribution in [3.8, 4) is 0 Å². The van der Waals surface area contributed by atoms with E-state index in [0.29, 0.717) is 0 Å². The zero-order valence-electron chi connectivity index (χ0n) is 9.43.